The van der Waals surface area contributed by atoms with Gasteiger partial charge in [-0.2, -0.15) is 0 Å². The standard InChI is InChI=1S/C12H27NO/c1-6-8-12(9-14-5)13-11(4)10(3)7-2/h10-13H,6-9H2,1-5H3. The normalized spacial score (nSPS) is 17.8. The minimum absolute atomic E-state index is 0.522. The Kier molecular flexibility index (Phi) is 8.20. The zero-order valence-electron chi connectivity index (χ0n) is 10.5. The number of methoxy groups -OCH3 is 1. The van der Waals surface area contributed by atoms with Gasteiger partial charge in [0.1, 0.15) is 0 Å². The van der Waals surface area contributed by atoms with Crippen molar-refractivity contribution in [2.24, 2.45) is 5.92 Å². The van der Waals surface area contributed by atoms with Crippen molar-refractivity contribution in [3.8, 4) is 0 Å². The van der Waals surface area contributed by atoms with E-state index in [1.165, 1.54) is 19.3 Å². The Balaban J connectivity index is 3.87. The summed E-state index contributed by atoms with van der Waals surface area (Å²) in [6, 6.07) is 1.11. The fourth-order valence-electron chi connectivity index (χ4n) is 1.65. The Morgan fingerprint density at radius 2 is 1.86 bits per heavy atom. The topological polar surface area (TPSA) is 21.3 Å². The van der Waals surface area contributed by atoms with Gasteiger partial charge in [0, 0.05) is 19.2 Å². The van der Waals surface area contributed by atoms with Gasteiger partial charge in [-0.15, -0.1) is 0 Å². The molecular weight excluding hydrogens is 174 g/mol. The van der Waals surface area contributed by atoms with Crippen molar-refractivity contribution in [1.29, 1.82) is 0 Å². The predicted octanol–water partition coefficient (Wildman–Crippen LogP) is 2.83. The van der Waals surface area contributed by atoms with Crippen LogP contribution in [0.4, 0.5) is 0 Å². The van der Waals surface area contributed by atoms with Gasteiger partial charge in [0.2, 0.25) is 0 Å². The Morgan fingerprint density at radius 3 is 2.29 bits per heavy atom. The number of rotatable bonds is 8. The van der Waals surface area contributed by atoms with Gasteiger partial charge in [0.15, 0.2) is 0 Å². The van der Waals surface area contributed by atoms with E-state index in [1.807, 2.05) is 0 Å². The van der Waals surface area contributed by atoms with Crippen LogP contribution in [0.3, 0.4) is 0 Å². The molecule has 0 spiro atoms. The molecule has 0 heterocycles. The highest BCUT2D eigenvalue weighted by atomic mass is 16.5. The quantitative estimate of drug-likeness (QED) is 0.652. The van der Waals surface area contributed by atoms with E-state index in [0.717, 1.165) is 12.5 Å². The molecule has 0 saturated carbocycles. The summed E-state index contributed by atoms with van der Waals surface area (Å²) in [6.45, 7) is 9.86. The van der Waals surface area contributed by atoms with Crippen molar-refractivity contribution in [1.82, 2.24) is 5.32 Å². The summed E-state index contributed by atoms with van der Waals surface area (Å²) in [5.41, 5.74) is 0. The van der Waals surface area contributed by atoms with E-state index in [0.29, 0.717) is 12.1 Å². The van der Waals surface area contributed by atoms with Crippen LogP contribution in [0.15, 0.2) is 0 Å². The number of hydrogen-bond donors (Lipinski definition) is 1. The lowest BCUT2D eigenvalue weighted by Crippen LogP contribution is -2.42. The molecule has 14 heavy (non-hydrogen) atoms. The molecule has 0 aliphatic rings. The van der Waals surface area contributed by atoms with Crippen LogP contribution in [0.5, 0.6) is 0 Å². The summed E-state index contributed by atoms with van der Waals surface area (Å²) >= 11 is 0. The van der Waals surface area contributed by atoms with Crippen molar-refractivity contribution in [3.05, 3.63) is 0 Å². The van der Waals surface area contributed by atoms with Gasteiger partial charge in [0.25, 0.3) is 0 Å². The summed E-state index contributed by atoms with van der Waals surface area (Å²) in [4.78, 5) is 0. The zero-order valence-corrected chi connectivity index (χ0v) is 10.5. The molecule has 0 aromatic carbocycles. The monoisotopic (exact) mass is 201 g/mol. The Morgan fingerprint density at radius 1 is 1.21 bits per heavy atom. The van der Waals surface area contributed by atoms with Crippen molar-refractivity contribution in [2.75, 3.05) is 13.7 Å². The molecular formula is C12H27NO. The van der Waals surface area contributed by atoms with Crippen molar-refractivity contribution < 1.29 is 4.74 Å². The number of ether oxygens (including phenoxy) is 1. The lowest BCUT2D eigenvalue weighted by molar-refractivity contribution is 0.151. The molecule has 0 saturated heterocycles. The molecule has 0 fully saturated rings. The van der Waals surface area contributed by atoms with Gasteiger partial charge in [-0.25, -0.2) is 0 Å². The van der Waals surface area contributed by atoms with E-state index in [9.17, 15) is 0 Å². The van der Waals surface area contributed by atoms with Crippen LogP contribution in [0.2, 0.25) is 0 Å². The van der Waals surface area contributed by atoms with Crippen molar-refractivity contribution >= 4 is 0 Å². The van der Waals surface area contributed by atoms with E-state index < -0.39 is 0 Å². The molecule has 3 unspecified atom stereocenters. The highest BCUT2D eigenvalue weighted by Crippen LogP contribution is 2.09. The fraction of sp³-hybridized carbons (Fsp3) is 1.00. The molecule has 2 heteroatoms. The van der Waals surface area contributed by atoms with Crippen LogP contribution in [0, 0.1) is 5.92 Å². The number of nitrogens with one attached hydrogen (secondary N) is 1. The highest BCUT2D eigenvalue weighted by Gasteiger charge is 2.14. The highest BCUT2D eigenvalue weighted by molar-refractivity contribution is 4.74. The third-order valence-electron chi connectivity index (χ3n) is 3.00. The molecule has 2 nitrogen and oxygen atoms in total. The van der Waals surface area contributed by atoms with Gasteiger partial charge >= 0.3 is 0 Å². The Bertz CT molecular complexity index is 121. The molecule has 0 amide bonds. The second-order valence-electron chi connectivity index (χ2n) is 4.28. The molecule has 0 radical (unpaired) electrons. The minimum Gasteiger partial charge on any atom is -0.383 e. The maximum Gasteiger partial charge on any atom is 0.0615 e. The average Bonchev–Trinajstić information content (AvgIpc) is 2.17. The maximum atomic E-state index is 5.21. The maximum absolute atomic E-state index is 5.21. The summed E-state index contributed by atoms with van der Waals surface area (Å²) in [5.74, 6) is 0.742. The summed E-state index contributed by atoms with van der Waals surface area (Å²) in [5, 5.41) is 3.64. The van der Waals surface area contributed by atoms with Crippen LogP contribution in [-0.2, 0) is 4.74 Å². The van der Waals surface area contributed by atoms with E-state index in [-0.39, 0.29) is 0 Å². The van der Waals surface area contributed by atoms with Crippen LogP contribution in [-0.4, -0.2) is 25.8 Å². The molecule has 1 N–H and O–H groups in total. The fourth-order valence-corrected chi connectivity index (χ4v) is 1.65. The van der Waals surface area contributed by atoms with E-state index in [4.69, 9.17) is 4.74 Å². The Hall–Kier alpha value is -0.0800. The van der Waals surface area contributed by atoms with Crippen LogP contribution < -0.4 is 5.32 Å². The molecule has 86 valence electrons. The predicted molar refractivity (Wildman–Crippen MR) is 62.6 cm³/mol. The summed E-state index contributed by atoms with van der Waals surface area (Å²) in [6.07, 6.45) is 3.66. The van der Waals surface area contributed by atoms with E-state index in [1.54, 1.807) is 7.11 Å². The summed E-state index contributed by atoms with van der Waals surface area (Å²) in [7, 11) is 1.78. The Labute approximate surface area is 89.4 Å². The van der Waals surface area contributed by atoms with E-state index >= 15 is 0 Å². The largest absolute Gasteiger partial charge is 0.383 e. The van der Waals surface area contributed by atoms with Crippen molar-refractivity contribution in [2.45, 2.75) is 59.0 Å². The first kappa shape index (κ1) is 13.9. The van der Waals surface area contributed by atoms with Gasteiger partial charge in [-0.3, -0.25) is 0 Å². The second-order valence-corrected chi connectivity index (χ2v) is 4.28. The third-order valence-corrected chi connectivity index (χ3v) is 3.00. The number of hydrogen-bond acceptors (Lipinski definition) is 2. The molecule has 0 aliphatic heterocycles. The van der Waals surface area contributed by atoms with Gasteiger partial charge in [-0.05, 0) is 19.3 Å². The van der Waals surface area contributed by atoms with Crippen molar-refractivity contribution in [3.63, 3.8) is 0 Å². The van der Waals surface area contributed by atoms with Gasteiger partial charge < -0.3 is 10.1 Å². The SMILES string of the molecule is CCCC(COC)NC(C)C(C)CC. The molecule has 0 aliphatic carbocycles. The van der Waals surface area contributed by atoms with Crippen LogP contribution in [0.25, 0.3) is 0 Å². The van der Waals surface area contributed by atoms with Gasteiger partial charge in [0.05, 0.1) is 6.61 Å². The van der Waals surface area contributed by atoms with Crippen LogP contribution in [0.1, 0.15) is 47.0 Å². The lowest BCUT2D eigenvalue weighted by Gasteiger charge is -2.26. The lowest BCUT2D eigenvalue weighted by atomic mass is 9.99. The van der Waals surface area contributed by atoms with Crippen LogP contribution >= 0.6 is 0 Å². The average molecular weight is 201 g/mol. The molecule has 3 atom stereocenters. The molecule has 0 rings (SSSR count). The van der Waals surface area contributed by atoms with E-state index in [2.05, 4.69) is 33.0 Å². The molecule has 0 bridgehead atoms. The third kappa shape index (κ3) is 5.61. The smallest absolute Gasteiger partial charge is 0.0615 e. The minimum atomic E-state index is 0.522. The zero-order chi connectivity index (χ0) is 11.0. The summed E-state index contributed by atoms with van der Waals surface area (Å²) < 4.78 is 5.21. The first-order valence-corrected chi connectivity index (χ1v) is 5.90. The first-order chi connectivity index (χ1) is 6.65. The molecule has 0 aromatic rings. The first-order valence-electron chi connectivity index (χ1n) is 5.90. The second kappa shape index (κ2) is 8.25. The van der Waals surface area contributed by atoms with Gasteiger partial charge in [-0.1, -0.05) is 33.6 Å². The molecule has 0 aromatic heterocycles.